The lowest BCUT2D eigenvalue weighted by Crippen LogP contribution is -1.83. The molecule has 0 aliphatic carbocycles. The van der Waals surface area contributed by atoms with E-state index in [-0.39, 0.29) is 0 Å². The summed E-state index contributed by atoms with van der Waals surface area (Å²) in [5.74, 6) is 0.926. The molecule has 2 rings (SSSR count). The average Bonchev–Trinajstić information content (AvgIpc) is 2.27. The van der Waals surface area contributed by atoms with Crippen molar-refractivity contribution in [1.29, 1.82) is 0 Å². The van der Waals surface area contributed by atoms with E-state index in [1.54, 1.807) is 11.8 Å². The van der Waals surface area contributed by atoms with Gasteiger partial charge in [-0.3, -0.25) is 0 Å². The van der Waals surface area contributed by atoms with E-state index < -0.39 is 0 Å². The van der Waals surface area contributed by atoms with Gasteiger partial charge >= 0.3 is 0 Å². The Morgan fingerprint density at radius 1 is 1.06 bits per heavy atom. The number of nitrogens with zero attached hydrogens (tertiary/aromatic N) is 1. The molecule has 0 fully saturated rings. The molecule has 0 aliphatic rings. The summed E-state index contributed by atoms with van der Waals surface area (Å²) in [6, 6.07) is 12.2. The van der Waals surface area contributed by atoms with E-state index in [1.807, 2.05) is 30.5 Å². The second-order valence-electron chi connectivity index (χ2n) is 3.23. The maximum absolute atomic E-state index is 4.28. The van der Waals surface area contributed by atoms with Gasteiger partial charge in [-0.15, -0.1) is 11.8 Å². The third kappa shape index (κ3) is 3.61. The molecule has 0 spiro atoms. The normalized spacial score (nSPS) is 10.4. The van der Waals surface area contributed by atoms with Gasteiger partial charge in [0.1, 0.15) is 0 Å². The lowest BCUT2D eigenvalue weighted by molar-refractivity contribution is 1.13. The van der Waals surface area contributed by atoms with Crippen molar-refractivity contribution in [1.82, 2.24) is 4.98 Å². The van der Waals surface area contributed by atoms with Crippen molar-refractivity contribution in [3.05, 3.63) is 57.1 Å². The van der Waals surface area contributed by atoms with E-state index in [0.29, 0.717) is 0 Å². The van der Waals surface area contributed by atoms with E-state index >= 15 is 0 Å². The smallest absolute Gasteiger partial charge is 0.0963 e. The first-order valence-corrected chi connectivity index (χ1v) is 7.30. The van der Waals surface area contributed by atoms with Crippen LogP contribution in [0.15, 0.2) is 56.6 Å². The Bertz CT molecular complexity index is 453. The first-order chi connectivity index (χ1) is 7.74. The van der Waals surface area contributed by atoms with Crippen molar-refractivity contribution in [2.45, 2.75) is 10.8 Å². The van der Waals surface area contributed by atoms with Crippen molar-refractivity contribution in [3.8, 4) is 0 Å². The molecule has 82 valence electrons. The summed E-state index contributed by atoms with van der Waals surface area (Å²) in [4.78, 5) is 4.28. The number of benzene rings is 1. The summed E-state index contributed by atoms with van der Waals surface area (Å²) in [6.07, 6.45) is 1.82. The Balaban J connectivity index is 2.05. The van der Waals surface area contributed by atoms with Gasteiger partial charge in [0.25, 0.3) is 0 Å². The molecule has 0 N–H and O–H groups in total. The van der Waals surface area contributed by atoms with Crippen LogP contribution in [0.5, 0.6) is 0 Å². The predicted molar refractivity (Wildman–Crippen MR) is 75.6 cm³/mol. The molecule has 1 aromatic heterocycles. The van der Waals surface area contributed by atoms with Gasteiger partial charge in [-0.1, -0.05) is 37.9 Å². The van der Waals surface area contributed by atoms with Crippen molar-refractivity contribution in [2.75, 3.05) is 0 Å². The molecule has 0 unspecified atom stereocenters. The van der Waals surface area contributed by atoms with Crippen LogP contribution in [0.4, 0.5) is 0 Å². The third-order valence-electron chi connectivity index (χ3n) is 1.95. The fourth-order valence-electron chi connectivity index (χ4n) is 1.28. The van der Waals surface area contributed by atoms with E-state index in [2.05, 4.69) is 49.0 Å². The van der Waals surface area contributed by atoms with Crippen molar-refractivity contribution >= 4 is 43.6 Å². The van der Waals surface area contributed by atoms with E-state index in [0.717, 1.165) is 19.7 Å². The number of pyridine rings is 1. The minimum Gasteiger partial charge on any atom is -0.250 e. The molecular weight excluding hydrogens is 350 g/mol. The van der Waals surface area contributed by atoms with Crippen LogP contribution >= 0.6 is 43.6 Å². The molecule has 0 radical (unpaired) electrons. The molecule has 16 heavy (non-hydrogen) atoms. The number of hydrogen-bond donors (Lipinski definition) is 0. The molecule has 4 heteroatoms. The zero-order valence-electron chi connectivity index (χ0n) is 8.36. The molecule has 1 aromatic carbocycles. The van der Waals surface area contributed by atoms with E-state index in [9.17, 15) is 0 Å². The molecule has 1 nitrogen and oxygen atoms in total. The summed E-state index contributed by atoms with van der Waals surface area (Å²) in [5.41, 5.74) is 1.27. The van der Waals surface area contributed by atoms with Crippen LogP contribution in [0.2, 0.25) is 0 Å². The lowest BCUT2D eigenvalue weighted by atomic mass is 10.2. The Morgan fingerprint density at radius 3 is 2.44 bits per heavy atom. The summed E-state index contributed by atoms with van der Waals surface area (Å²) in [5, 5.41) is 1.05. The zero-order chi connectivity index (χ0) is 11.4. The van der Waals surface area contributed by atoms with Crippen LogP contribution in [0.25, 0.3) is 0 Å². The maximum Gasteiger partial charge on any atom is 0.0963 e. The second-order valence-corrected chi connectivity index (χ2v) is 6.06. The average molecular weight is 359 g/mol. The monoisotopic (exact) mass is 357 g/mol. The van der Waals surface area contributed by atoms with Crippen molar-refractivity contribution in [2.24, 2.45) is 0 Å². The van der Waals surface area contributed by atoms with Gasteiger partial charge in [0.15, 0.2) is 0 Å². The molecule has 0 amide bonds. The van der Waals surface area contributed by atoms with Crippen LogP contribution in [0.3, 0.4) is 0 Å². The van der Waals surface area contributed by atoms with Crippen LogP contribution in [0.1, 0.15) is 5.56 Å². The van der Waals surface area contributed by atoms with Crippen LogP contribution in [-0.4, -0.2) is 4.98 Å². The molecular formula is C12H9Br2NS. The van der Waals surface area contributed by atoms with Crippen LogP contribution < -0.4 is 0 Å². The fraction of sp³-hybridized carbons (Fsp3) is 0.0833. The Labute approximate surface area is 116 Å². The van der Waals surface area contributed by atoms with Gasteiger partial charge in [0.2, 0.25) is 0 Å². The van der Waals surface area contributed by atoms with Crippen molar-refractivity contribution in [3.63, 3.8) is 0 Å². The first-order valence-electron chi connectivity index (χ1n) is 4.73. The Kier molecular flexibility index (Phi) is 4.44. The molecule has 0 saturated heterocycles. The van der Waals surface area contributed by atoms with Crippen molar-refractivity contribution < 1.29 is 0 Å². The second kappa shape index (κ2) is 5.84. The summed E-state index contributed by atoms with van der Waals surface area (Å²) < 4.78 is 2.19. The molecule has 0 aliphatic heterocycles. The van der Waals surface area contributed by atoms with Gasteiger partial charge in [-0.25, -0.2) is 4.98 Å². The highest BCUT2D eigenvalue weighted by Gasteiger charge is 1.99. The number of rotatable bonds is 3. The minimum atomic E-state index is 0.926. The van der Waals surface area contributed by atoms with Gasteiger partial charge < -0.3 is 0 Å². The fourth-order valence-corrected chi connectivity index (χ4v) is 3.46. The number of aromatic nitrogens is 1. The number of hydrogen-bond acceptors (Lipinski definition) is 2. The van der Waals surface area contributed by atoms with E-state index in [4.69, 9.17) is 0 Å². The number of halogens is 2. The van der Waals surface area contributed by atoms with Gasteiger partial charge in [-0.2, -0.15) is 0 Å². The summed E-state index contributed by atoms with van der Waals surface area (Å²) >= 11 is 8.71. The summed E-state index contributed by atoms with van der Waals surface area (Å²) in [6.45, 7) is 0. The largest absolute Gasteiger partial charge is 0.250 e. The molecule has 2 aromatic rings. The SMILES string of the molecule is Brc1cc(Br)cc(CSc2ccccn2)c1. The molecule has 1 heterocycles. The first kappa shape index (κ1) is 12.1. The van der Waals surface area contributed by atoms with Crippen LogP contribution in [-0.2, 0) is 5.75 Å². The van der Waals surface area contributed by atoms with Crippen LogP contribution in [0, 0.1) is 0 Å². The summed E-state index contributed by atoms with van der Waals surface area (Å²) in [7, 11) is 0. The molecule has 0 saturated carbocycles. The Morgan fingerprint density at radius 2 is 1.81 bits per heavy atom. The molecule has 0 atom stereocenters. The lowest BCUT2D eigenvalue weighted by Gasteiger charge is -2.03. The maximum atomic E-state index is 4.28. The highest BCUT2D eigenvalue weighted by Crippen LogP contribution is 2.25. The highest BCUT2D eigenvalue weighted by atomic mass is 79.9. The number of thioether (sulfide) groups is 1. The standard InChI is InChI=1S/C12H9Br2NS/c13-10-5-9(6-11(14)7-10)8-16-12-3-1-2-4-15-12/h1-7H,8H2. The molecule has 0 bridgehead atoms. The highest BCUT2D eigenvalue weighted by molar-refractivity contribution is 9.11. The minimum absolute atomic E-state index is 0.926. The van der Waals surface area contributed by atoms with Gasteiger partial charge in [0, 0.05) is 20.9 Å². The van der Waals surface area contributed by atoms with E-state index in [1.165, 1.54) is 5.56 Å². The van der Waals surface area contributed by atoms with Gasteiger partial charge in [0.05, 0.1) is 5.03 Å². The Hall–Kier alpha value is -0.320. The van der Waals surface area contributed by atoms with Gasteiger partial charge in [-0.05, 0) is 35.9 Å². The topological polar surface area (TPSA) is 12.9 Å². The zero-order valence-corrected chi connectivity index (χ0v) is 12.3. The third-order valence-corrected chi connectivity index (χ3v) is 3.88. The predicted octanol–water partition coefficient (Wildman–Crippen LogP) is 4.90. The quantitative estimate of drug-likeness (QED) is 0.724.